The van der Waals surface area contributed by atoms with Gasteiger partial charge in [-0.25, -0.2) is 0 Å². The maximum absolute atomic E-state index is 12.7. The third-order valence-electron chi connectivity index (χ3n) is 4.91. The first kappa shape index (κ1) is 18.9. The molecule has 1 saturated carbocycles. The number of halogens is 1. The van der Waals surface area contributed by atoms with Gasteiger partial charge in [0.2, 0.25) is 0 Å². The van der Waals surface area contributed by atoms with Gasteiger partial charge in [0.25, 0.3) is 5.91 Å². The van der Waals surface area contributed by atoms with Crippen molar-refractivity contribution in [2.24, 2.45) is 0 Å². The molecule has 1 saturated heterocycles. The van der Waals surface area contributed by atoms with E-state index in [4.69, 9.17) is 9.47 Å². The molecule has 5 nitrogen and oxygen atoms in total. The van der Waals surface area contributed by atoms with Gasteiger partial charge in [-0.05, 0) is 56.8 Å². The van der Waals surface area contributed by atoms with E-state index in [0.29, 0.717) is 11.3 Å². The molecule has 1 atom stereocenters. The molecule has 24 heavy (non-hydrogen) atoms. The predicted octanol–water partition coefficient (Wildman–Crippen LogP) is 2.87. The number of likely N-dealkylation sites (N-methyl/N-ethyl adjacent to an activating group) is 1. The number of amides is 1. The van der Waals surface area contributed by atoms with Gasteiger partial charge in [0.15, 0.2) is 11.5 Å². The molecule has 1 aromatic carbocycles. The summed E-state index contributed by atoms with van der Waals surface area (Å²) in [5.41, 5.74) is 0.648. The molecule has 1 unspecified atom stereocenters. The minimum Gasteiger partial charge on any atom is -0.493 e. The van der Waals surface area contributed by atoms with Crippen LogP contribution in [0, 0.1) is 0 Å². The molecule has 1 heterocycles. The van der Waals surface area contributed by atoms with Crippen molar-refractivity contribution < 1.29 is 14.3 Å². The summed E-state index contributed by atoms with van der Waals surface area (Å²) in [6, 6.07) is 5.77. The maximum Gasteiger partial charge on any atom is 0.254 e. The molecule has 1 amide bonds. The molecule has 0 aromatic heterocycles. The van der Waals surface area contributed by atoms with Crippen LogP contribution in [-0.2, 0) is 0 Å². The van der Waals surface area contributed by atoms with Crippen LogP contribution in [-0.4, -0.2) is 50.2 Å². The Bertz CT molecular complexity index is 555. The second-order valence-corrected chi connectivity index (χ2v) is 6.45. The number of nitrogens with zero attached hydrogens (tertiary/aromatic N) is 1. The molecule has 0 bridgehead atoms. The van der Waals surface area contributed by atoms with Crippen LogP contribution in [0.2, 0.25) is 0 Å². The zero-order valence-electron chi connectivity index (χ0n) is 14.4. The summed E-state index contributed by atoms with van der Waals surface area (Å²) in [5, 5.41) is 3.29. The molecule has 1 N–H and O–H groups in total. The summed E-state index contributed by atoms with van der Waals surface area (Å²) in [6.07, 6.45) is 5.93. The number of rotatable bonds is 5. The summed E-state index contributed by atoms with van der Waals surface area (Å²) in [6.45, 7) is 1.84. The number of carbonyl (C=O) groups is 1. The number of ether oxygens (including phenoxy) is 2. The Morgan fingerprint density at radius 2 is 1.96 bits per heavy atom. The second kappa shape index (κ2) is 8.58. The van der Waals surface area contributed by atoms with Gasteiger partial charge in [-0.15, -0.1) is 12.4 Å². The fraction of sp³-hybridized carbons (Fsp3) is 0.611. The number of benzene rings is 1. The van der Waals surface area contributed by atoms with Crippen LogP contribution >= 0.6 is 12.4 Å². The minimum absolute atomic E-state index is 0. The van der Waals surface area contributed by atoms with Crippen molar-refractivity contribution in [2.45, 2.75) is 44.2 Å². The van der Waals surface area contributed by atoms with Crippen molar-refractivity contribution in [3.8, 4) is 11.5 Å². The van der Waals surface area contributed by atoms with Crippen molar-refractivity contribution >= 4 is 18.3 Å². The highest BCUT2D eigenvalue weighted by Crippen LogP contribution is 2.32. The molecule has 6 heteroatoms. The van der Waals surface area contributed by atoms with Crippen molar-refractivity contribution in [1.82, 2.24) is 10.2 Å². The first-order chi connectivity index (χ1) is 11.2. The topological polar surface area (TPSA) is 50.8 Å². The van der Waals surface area contributed by atoms with E-state index in [9.17, 15) is 4.79 Å². The normalized spacial score (nSPS) is 20.5. The average Bonchev–Trinajstić information content (AvgIpc) is 3.27. The average molecular weight is 355 g/mol. The quantitative estimate of drug-likeness (QED) is 0.883. The Morgan fingerprint density at radius 3 is 2.58 bits per heavy atom. The molecule has 1 aliphatic heterocycles. The van der Waals surface area contributed by atoms with Crippen molar-refractivity contribution in [1.29, 1.82) is 0 Å². The lowest BCUT2D eigenvalue weighted by molar-refractivity contribution is 0.0743. The highest BCUT2D eigenvalue weighted by atomic mass is 35.5. The van der Waals surface area contributed by atoms with Crippen LogP contribution in [0.15, 0.2) is 18.2 Å². The fourth-order valence-corrected chi connectivity index (χ4v) is 3.42. The number of nitrogens with one attached hydrogen (secondary N) is 1. The van der Waals surface area contributed by atoms with E-state index < -0.39 is 0 Å². The van der Waals surface area contributed by atoms with E-state index in [1.807, 2.05) is 24.1 Å². The lowest BCUT2D eigenvalue weighted by Gasteiger charge is -2.24. The fourth-order valence-electron chi connectivity index (χ4n) is 3.42. The highest BCUT2D eigenvalue weighted by Gasteiger charge is 2.25. The van der Waals surface area contributed by atoms with Crippen LogP contribution in [0.25, 0.3) is 0 Å². The Labute approximate surface area is 150 Å². The second-order valence-electron chi connectivity index (χ2n) is 6.45. The molecule has 3 rings (SSSR count). The van der Waals surface area contributed by atoms with Crippen LogP contribution < -0.4 is 14.8 Å². The van der Waals surface area contributed by atoms with E-state index in [2.05, 4.69) is 5.32 Å². The van der Waals surface area contributed by atoms with E-state index in [-0.39, 0.29) is 30.5 Å². The minimum atomic E-state index is 0. The summed E-state index contributed by atoms with van der Waals surface area (Å²) in [4.78, 5) is 14.5. The standard InChI is InChI=1S/C18H26N2O3.ClH/c1-20(14-9-10-19-12-14)18(21)13-7-8-16(17(11-13)22-2)23-15-5-3-4-6-15;/h7-8,11,14-15,19H,3-6,9-10,12H2,1-2H3;1H. The third-order valence-corrected chi connectivity index (χ3v) is 4.91. The smallest absolute Gasteiger partial charge is 0.254 e. The van der Waals surface area contributed by atoms with Crippen molar-refractivity contribution in [3.63, 3.8) is 0 Å². The Kier molecular flexibility index (Phi) is 6.75. The van der Waals surface area contributed by atoms with Crippen LogP contribution in [0.1, 0.15) is 42.5 Å². The van der Waals surface area contributed by atoms with Crippen LogP contribution in [0.4, 0.5) is 0 Å². The summed E-state index contributed by atoms with van der Waals surface area (Å²) in [7, 11) is 3.49. The van der Waals surface area contributed by atoms with Gasteiger partial charge in [0.05, 0.1) is 13.2 Å². The lowest BCUT2D eigenvalue weighted by Crippen LogP contribution is -2.38. The van der Waals surface area contributed by atoms with Gasteiger partial charge in [0, 0.05) is 25.2 Å². The van der Waals surface area contributed by atoms with E-state index in [1.165, 1.54) is 12.8 Å². The third kappa shape index (κ3) is 4.14. The molecule has 134 valence electrons. The number of methoxy groups -OCH3 is 1. The zero-order valence-corrected chi connectivity index (χ0v) is 15.2. The predicted molar refractivity (Wildman–Crippen MR) is 96.5 cm³/mol. The SMILES string of the molecule is COc1cc(C(=O)N(C)C2CCNC2)ccc1OC1CCCC1.Cl. The largest absolute Gasteiger partial charge is 0.493 e. The zero-order chi connectivity index (χ0) is 16.2. The maximum atomic E-state index is 12.7. The molecule has 0 radical (unpaired) electrons. The molecule has 2 fully saturated rings. The van der Waals surface area contributed by atoms with Crippen molar-refractivity contribution in [2.75, 3.05) is 27.2 Å². The van der Waals surface area contributed by atoms with E-state index in [0.717, 1.165) is 38.1 Å². The number of hydrogen-bond donors (Lipinski definition) is 1. The van der Waals surface area contributed by atoms with E-state index in [1.54, 1.807) is 13.2 Å². The number of hydrogen-bond acceptors (Lipinski definition) is 4. The van der Waals surface area contributed by atoms with Crippen LogP contribution in [0.3, 0.4) is 0 Å². The van der Waals surface area contributed by atoms with Gasteiger partial charge >= 0.3 is 0 Å². The molecular weight excluding hydrogens is 328 g/mol. The van der Waals surface area contributed by atoms with Gasteiger partial charge in [-0.3, -0.25) is 4.79 Å². The van der Waals surface area contributed by atoms with E-state index >= 15 is 0 Å². The Balaban J connectivity index is 0.00000208. The lowest BCUT2D eigenvalue weighted by atomic mass is 10.1. The molecule has 1 aliphatic carbocycles. The van der Waals surface area contributed by atoms with Gasteiger partial charge in [-0.1, -0.05) is 0 Å². The molecule has 1 aromatic rings. The first-order valence-corrected chi connectivity index (χ1v) is 8.51. The highest BCUT2D eigenvalue weighted by molar-refractivity contribution is 5.95. The summed E-state index contributed by atoms with van der Waals surface area (Å²) >= 11 is 0. The molecule has 0 spiro atoms. The van der Waals surface area contributed by atoms with Crippen molar-refractivity contribution in [3.05, 3.63) is 23.8 Å². The Hall–Kier alpha value is -1.46. The molecular formula is C18H27ClN2O3. The summed E-state index contributed by atoms with van der Waals surface area (Å²) in [5.74, 6) is 1.41. The number of carbonyl (C=O) groups excluding carboxylic acids is 1. The monoisotopic (exact) mass is 354 g/mol. The van der Waals surface area contributed by atoms with Gasteiger partial charge in [0.1, 0.15) is 0 Å². The summed E-state index contributed by atoms with van der Waals surface area (Å²) < 4.78 is 11.5. The Morgan fingerprint density at radius 1 is 1.21 bits per heavy atom. The van der Waals surface area contributed by atoms with Crippen LogP contribution in [0.5, 0.6) is 11.5 Å². The van der Waals surface area contributed by atoms with Gasteiger partial charge < -0.3 is 19.7 Å². The first-order valence-electron chi connectivity index (χ1n) is 8.51. The molecule has 2 aliphatic rings. The van der Waals surface area contributed by atoms with Gasteiger partial charge in [-0.2, -0.15) is 0 Å².